The second kappa shape index (κ2) is 12.7. The molecule has 1 aromatic heterocycles. The summed E-state index contributed by atoms with van der Waals surface area (Å²) in [6, 6.07) is 23.1. The first kappa shape index (κ1) is 25.2. The van der Waals surface area contributed by atoms with Crippen LogP contribution in [0.4, 0.5) is 5.69 Å². The van der Waals surface area contributed by atoms with Crippen molar-refractivity contribution in [3.05, 3.63) is 83.9 Å². The van der Waals surface area contributed by atoms with Gasteiger partial charge in [-0.2, -0.15) is 4.68 Å². The maximum absolute atomic E-state index is 12.4. The smallest absolute Gasteiger partial charge is 0.262 e. The number of nitrogens with one attached hydrogen (secondary N) is 2. The van der Waals surface area contributed by atoms with E-state index in [1.54, 1.807) is 23.6 Å². The molecule has 0 aliphatic carbocycles. The number of tetrazole rings is 1. The Labute approximate surface area is 214 Å². The van der Waals surface area contributed by atoms with Crippen LogP contribution < -0.4 is 20.1 Å². The monoisotopic (exact) mass is 504 g/mol. The molecule has 2 N–H and O–H groups in total. The van der Waals surface area contributed by atoms with E-state index < -0.39 is 0 Å². The standard InChI is InChI=1S/C26H28N6O3S/c1-19-11-13-21(14-12-19)28-24(33)18-35-25-20(7-6-10-23(25)34-2)17-27-15-16-36-26-29-30-31-32(26)22-8-4-3-5-9-22/h3-14,27H,15-18H2,1-2H3,(H,28,33). The van der Waals surface area contributed by atoms with Gasteiger partial charge >= 0.3 is 0 Å². The van der Waals surface area contributed by atoms with Gasteiger partial charge in [0.05, 0.1) is 12.8 Å². The zero-order valence-corrected chi connectivity index (χ0v) is 21.0. The molecule has 0 spiro atoms. The fourth-order valence-corrected chi connectivity index (χ4v) is 4.22. The van der Waals surface area contributed by atoms with Crippen LogP contribution in [-0.4, -0.2) is 52.1 Å². The van der Waals surface area contributed by atoms with Gasteiger partial charge in [-0.1, -0.05) is 59.8 Å². The number of carbonyl (C=O) groups is 1. The summed E-state index contributed by atoms with van der Waals surface area (Å²) in [4.78, 5) is 12.4. The SMILES string of the molecule is COc1cccc(CNCCSc2nnnn2-c2ccccc2)c1OCC(=O)Nc1ccc(C)cc1. The highest BCUT2D eigenvalue weighted by atomic mass is 32.2. The fraction of sp³-hybridized carbons (Fsp3) is 0.231. The van der Waals surface area contributed by atoms with Crippen molar-refractivity contribution in [2.75, 3.05) is 31.3 Å². The van der Waals surface area contributed by atoms with Crippen molar-refractivity contribution in [2.45, 2.75) is 18.6 Å². The zero-order chi connectivity index (χ0) is 25.2. The predicted octanol–water partition coefficient (Wildman–Crippen LogP) is 3.88. The molecule has 36 heavy (non-hydrogen) atoms. The van der Waals surface area contributed by atoms with Crippen LogP contribution in [0.25, 0.3) is 5.69 Å². The van der Waals surface area contributed by atoms with E-state index >= 15 is 0 Å². The van der Waals surface area contributed by atoms with E-state index in [4.69, 9.17) is 9.47 Å². The lowest BCUT2D eigenvalue weighted by Crippen LogP contribution is -2.22. The molecule has 0 aliphatic heterocycles. The van der Waals surface area contributed by atoms with Crippen LogP contribution in [0.5, 0.6) is 11.5 Å². The molecular formula is C26H28N6O3S. The maximum atomic E-state index is 12.4. The van der Waals surface area contributed by atoms with E-state index in [9.17, 15) is 4.79 Å². The largest absolute Gasteiger partial charge is 0.493 e. The Hall–Kier alpha value is -3.89. The van der Waals surface area contributed by atoms with Crippen LogP contribution in [-0.2, 0) is 11.3 Å². The highest BCUT2D eigenvalue weighted by Gasteiger charge is 2.13. The first-order valence-corrected chi connectivity index (χ1v) is 12.4. The Morgan fingerprint density at radius 3 is 2.61 bits per heavy atom. The molecule has 0 fully saturated rings. The number of anilines is 1. The van der Waals surface area contributed by atoms with Crippen molar-refractivity contribution in [2.24, 2.45) is 0 Å². The van der Waals surface area contributed by atoms with Gasteiger partial charge in [0.1, 0.15) is 0 Å². The highest BCUT2D eigenvalue weighted by Crippen LogP contribution is 2.31. The van der Waals surface area contributed by atoms with Gasteiger partial charge in [0, 0.05) is 30.1 Å². The van der Waals surface area contributed by atoms with Crippen LogP contribution in [0.1, 0.15) is 11.1 Å². The van der Waals surface area contributed by atoms with Crippen LogP contribution in [0.15, 0.2) is 78.0 Å². The minimum absolute atomic E-state index is 0.126. The van der Waals surface area contributed by atoms with E-state index in [-0.39, 0.29) is 12.5 Å². The fourth-order valence-electron chi connectivity index (χ4n) is 3.43. The molecular weight excluding hydrogens is 476 g/mol. The first-order valence-electron chi connectivity index (χ1n) is 11.5. The van der Waals surface area contributed by atoms with E-state index in [0.29, 0.717) is 18.0 Å². The van der Waals surface area contributed by atoms with Crippen LogP contribution in [0, 0.1) is 6.92 Å². The number of carbonyl (C=O) groups excluding carboxylic acids is 1. The number of rotatable bonds is 12. The molecule has 10 heteroatoms. The summed E-state index contributed by atoms with van der Waals surface area (Å²) in [5.41, 5.74) is 3.68. The average Bonchev–Trinajstić information content (AvgIpc) is 3.38. The molecule has 3 aromatic carbocycles. The third kappa shape index (κ3) is 6.83. The molecule has 0 saturated heterocycles. The number of amides is 1. The number of ether oxygens (including phenoxy) is 2. The lowest BCUT2D eigenvalue weighted by Gasteiger charge is -2.15. The van der Waals surface area contributed by atoms with Crippen molar-refractivity contribution in [3.8, 4) is 17.2 Å². The molecule has 0 unspecified atom stereocenters. The average molecular weight is 505 g/mol. The number of para-hydroxylation sites is 2. The molecule has 0 atom stereocenters. The van der Waals surface area contributed by atoms with E-state index in [2.05, 4.69) is 26.2 Å². The quantitative estimate of drug-likeness (QED) is 0.221. The molecule has 4 rings (SSSR count). The molecule has 0 bridgehead atoms. The van der Waals surface area contributed by atoms with Gasteiger partial charge in [-0.05, 0) is 47.7 Å². The number of nitrogens with zero attached hydrogens (tertiary/aromatic N) is 4. The van der Waals surface area contributed by atoms with Crippen molar-refractivity contribution in [3.63, 3.8) is 0 Å². The Morgan fingerprint density at radius 1 is 1.03 bits per heavy atom. The normalized spacial score (nSPS) is 10.7. The lowest BCUT2D eigenvalue weighted by atomic mass is 10.2. The molecule has 9 nitrogen and oxygen atoms in total. The van der Waals surface area contributed by atoms with E-state index in [1.807, 2.05) is 79.7 Å². The highest BCUT2D eigenvalue weighted by molar-refractivity contribution is 7.99. The second-order valence-corrected chi connectivity index (χ2v) is 8.95. The van der Waals surface area contributed by atoms with Crippen molar-refractivity contribution in [1.29, 1.82) is 0 Å². The zero-order valence-electron chi connectivity index (χ0n) is 20.2. The van der Waals surface area contributed by atoms with E-state index in [0.717, 1.165) is 40.0 Å². The van der Waals surface area contributed by atoms with Gasteiger partial charge in [0.25, 0.3) is 5.91 Å². The van der Waals surface area contributed by atoms with Gasteiger partial charge in [-0.3, -0.25) is 4.79 Å². The van der Waals surface area contributed by atoms with Gasteiger partial charge in [-0.15, -0.1) is 5.10 Å². The summed E-state index contributed by atoms with van der Waals surface area (Å²) in [5.74, 6) is 1.66. The predicted molar refractivity (Wildman–Crippen MR) is 140 cm³/mol. The molecule has 0 saturated carbocycles. The minimum atomic E-state index is -0.240. The Morgan fingerprint density at radius 2 is 1.83 bits per heavy atom. The number of methoxy groups -OCH3 is 1. The van der Waals surface area contributed by atoms with Crippen molar-refractivity contribution in [1.82, 2.24) is 25.5 Å². The van der Waals surface area contributed by atoms with Crippen molar-refractivity contribution >= 4 is 23.4 Å². The Balaban J connectivity index is 1.29. The molecule has 186 valence electrons. The number of aromatic nitrogens is 4. The number of aryl methyl sites for hydroxylation is 1. The number of hydrogen-bond acceptors (Lipinski definition) is 8. The third-order valence-electron chi connectivity index (χ3n) is 5.23. The van der Waals surface area contributed by atoms with Gasteiger partial charge in [0.2, 0.25) is 5.16 Å². The maximum Gasteiger partial charge on any atom is 0.262 e. The lowest BCUT2D eigenvalue weighted by molar-refractivity contribution is -0.118. The molecule has 0 radical (unpaired) electrons. The van der Waals surface area contributed by atoms with Gasteiger partial charge < -0.3 is 20.1 Å². The Kier molecular flexibility index (Phi) is 8.90. The molecule has 0 aliphatic rings. The minimum Gasteiger partial charge on any atom is -0.493 e. The van der Waals surface area contributed by atoms with Crippen LogP contribution in [0.2, 0.25) is 0 Å². The van der Waals surface area contributed by atoms with Crippen molar-refractivity contribution < 1.29 is 14.3 Å². The third-order valence-corrected chi connectivity index (χ3v) is 6.15. The number of hydrogen-bond donors (Lipinski definition) is 2. The first-order chi connectivity index (χ1) is 17.6. The second-order valence-electron chi connectivity index (χ2n) is 7.89. The van der Waals surface area contributed by atoms with Gasteiger partial charge in [0.15, 0.2) is 18.1 Å². The summed E-state index contributed by atoms with van der Waals surface area (Å²) >= 11 is 1.57. The Bertz CT molecular complexity index is 1260. The summed E-state index contributed by atoms with van der Waals surface area (Å²) < 4.78 is 13.1. The number of thioether (sulfide) groups is 1. The summed E-state index contributed by atoms with van der Waals surface area (Å²) in [7, 11) is 1.58. The topological polar surface area (TPSA) is 103 Å². The van der Waals surface area contributed by atoms with Crippen LogP contribution >= 0.6 is 11.8 Å². The van der Waals surface area contributed by atoms with Crippen LogP contribution in [0.3, 0.4) is 0 Å². The van der Waals surface area contributed by atoms with Gasteiger partial charge in [-0.25, -0.2) is 0 Å². The molecule has 1 heterocycles. The van der Waals surface area contributed by atoms with E-state index in [1.165, 1.54) is 0 Å². The summed E-state index contributed by atoms with van der Waals surface area (Å²) in [6.45, 7) is 3.14. The molecule has 1 amide bonds. The summed E-state index contributed by atoms with van der Waals surface area (Å²) in [6.07, 6.45) is 0. The molecule has 4 aromatic rings. The number of benzene rings is 3. The summed E-state index contributed by atoms with van der Waals surface area (Å²) in [5, 5.41) is 19.0.